The Bertz CT molecular complexity index is 702. The van der Waals surface area contributed by atoms with Gasteiger partial charge in [-0.1, -0.05) is 12.1 Å². The molecule has 0 aliphatic carbocycles. The molecule has 0 saturated carbocycles. The molecule has 154 valence electrons. The first-order valence-corrected chi connectivity index (χ1v) is 10.1. The van der Waals surface area contributed by atoms with Crippen LogP contribution in [0.4, 0.5) is 5.00 Å². The molecule has 8 heteroatoms. The van der Waals surface area contributed by atoms with Crippen molar-refractivity contribution in [2.75, 3.05) is 58.5 Å². The van der Waals surface area contributed by atoms with Crippen LogP contribution in [0.3, 0.4) is 0 Å². The average molecular weight is 516 g/mol. The number of piperazine rings is 1. The zero-order valence-corrected chi connectivity index (χ0v) is 19.6. The van der Waals surface area contributed by atoms with E-state index in [1.165, 1.54) is 10.6 Å². The number of anilines is 1. The Morgan fingerprint density at radius 2 is 1.86 bits per heavy atom. The molecular formula is C20H29IN4O2S. The van der Waals surface area contributed by atoms with E-state index in [9.17, 15) is 0 Å². The van der Waals surface area contributed by atoms with Gasteiger partial charge in [-0.3, -0.25) is 4.99 Å². The van der Waals surface area contributed by atoms with Gasteiger partial charge in [-0.15, -0.1) is 35.3 Å². The first-order valence-electron chi connectivity index (χ1n) is 9.25. The van der Waals surface area contributed by atoms with E-state index in [1.807, 2.05) is 19.2 Å². The highest BCUT2D eigenvalue weighted by atomic mass is 127. The number of halogens is 1. The molecule has 1 saturated heterocycles. The molecule has 2 aromatic rings. The summed E-state index contributed by atoms with van der Waals surface area (Å²) >= 11 is 1.80. The number of hydrogen-bond donors (Lipinski definition) is 1. The lowest BCUT2D eigenvalue weighted by Gasteiger charge is -2.37. The smallest absolute Gasteiger partial charge is 0.194 e. The maximum atomic E-state index is 5.60. The molecule has 0 bridgehead atoms. The molecular weight excluding hydrogens is 487 g/mol. The van der Waals surface area contributed by atoms with Crippen LogP contribution in [-0.2, 0) is 11.3 Å². The summed E-state index contributed by atoms with van der Waals surface area (Å²) in [4.78, 5) is 9.23. The minimum atomic E-state index is 0. The third-order valence-corrected chi connectivity index (χ3v) is 5.47. The van der Waals surface area contributed by atoms with Crippen molar-refractivity contribution in [3.63, 3.8) is 0 Å². The second kappa shape index (κ2) is 12.1. The first kappa shape index (κ1) is 22.8. The van der Waals surface area contributed by atoms with Gasteiger partial charge in [0, 0.05) is 46.9 Å². The Morgan fingerprint density at radius 3 is 2.46 bits per heavy atom. The number of nitrogens with zero attached hydrogens (tertiary/aromatic N) is 3. The molecule has 1 aromatic heterocycles. The predicted octanol–water partition coefficient (Wildman–Crippen LogP) is 3.29. The third-order valence-electron chi connectivity index (χ3n) is 4.54. The summed E-state index contributed by atoms with van der Waals surface area (Å²) in [5, 5.41) is 6.96. The minimum Gasteiger partial charge on any atom is -0.491 e. The highest BCUT2D eigenvalue weighted by Gasteiger charge is 2.20. The van der Waals surface area contributed by atoms with Crippen LogP contribution in [0.1, 0.15) is 5.56 Å². The molecule has 0 spiro atoms. The van der Waals surface area contributed by atoms with Crippen molar-refractivity contribution in [3.8, 4) is 5.75 Å². The van der Waals surface area contributed by atoms with Gasteiger partial charge in [-0.2, -0.15) is 0 Å². The molecule has 0 atom stereocenters. The summed E-state index contributed by atoms with van der Waals surface area (Å²) in [5.74, 6) is 1.83. The predicted molar refractivity (Wildman–Crippen MR) is 128 cm³/mol. The molecule has 6 nitrogen and oxygen atoms in total. The highest BCUT2D eigenvalue weighted by Crippen LogP contribution is 2.22. The Kier molecular flexibility index (Phi) is 9.86. The van der Waals surface area contributed by atoms with Crippen LogP contribution in [0.5, 0.6) is 5.75 Å². The van der Waals surface area contributed by atoms with Gasteiger partial charge in [-0.05, 0) is 35.2 Å². The van der Waals surface area contributed by atoms with Crippen molar-refractivity contribution >= 4 is 46.3 Å². The van der Waals surface area contributed by atoms with Gasteiger partial charge in [0.05, 0.1) is 11.6 Å². The Balaban J connectivity index is 0.00000280. The van der Waals surface area contributed by atoms with E-state index in [2.05, 4.69) is 49.8 Å². The molecule has 1 aliphatic heterocycles. The third kappa shape index (κ3) is 6.52. The number of ether oxygens (including phenoxy) is 2. The fourth-order valence-electron chi connectivity index (χ4n) is 3.05. The normalized spacial score (nSPS) is 14.6. The van der Waals surface area contributed by atoms with E-state index >= 15 is 0 Å². The molecule has 1 fully saturated rings. The lowest BCUT2D eigenvalue weighted by molar-refractivity contribution is 0.146. The molecule has 0 amide bonds. The SMILES string of the molecule is CN=C(NCc1ccc(OCCOC)cc1)N1CCN(c2cccs2)CC1.I. The van der Waals surface area contributed by atoms with Crippen molar-refractivity contribution in [2.24, 2.45) is 4.99 Å². The van der Waals surface area contributed by atoms with Gasteiger partial charge in [0.25, 0.3) is 0 Å². The minimum absolute atomic E-state index is 0. The largest absolute Gasteiger partial charge is 0.491 e. The van der Waals surface area contributed by atoms with Gasteiger partial charge in [0.15, 0.2) is 5.96 Å². The van der Waals surface area contributed by atoms with Crippen molar-refractivity contribution in [1.29, 1.82) is 0 Å². The second-order valence-corrected chi connectivity index (χ2v) is 7.24. The number of nitrogens with one attached hydrogen (secondary N) is 1. The van der Waals surface area contributed by atoms with Gasteiger partial charge in [0.1, 0.15) is 12.4 Å². The number of aliphatic imine (C=N–C) groups is 1. The molecule has 2 heterocycles. The molecule has 3 rings (SSSR count). The number of benzene rings is 1. The van der Waals surface area contributed by atoms with Crippen molar-refractivity contribution in [1.82, 2.24) is 10.2 Å². The van der Waals surface area contributed by atoms with Crippen LogP contribution >= 0.6 is 35.3 Å². The monoisotopic (exact) mass is 516 g/mol. The molecule has 1 aliphatic rings. The summed E-state index contributed by atoms with van der Waals surface area (Å²) in [5.41, 5.74) is 1.20. The summed E-state index contributed by atoms with van der Waals surface area (Å²) in [7, 11) is 3.52. The molecule has 0 unspecified atom stereocenters. The first-order chi connectivity index (χ1) is 13.3. The number of thiophene rings is 1. The maximum Gasteiger partial charge on any atom is 0.194 e. The van der Waals surface area contributed by atoms with Gasteiger partial charge < -0.3 is 24.6 Å². The van der Waals surface area contributed by atoms with E-state index in [1.54, 1.807) is 18.4 Å². The molecule has 0 radical (unpaired) electrons. The fourth-order valence-corrected chi connectivity index (χ4v) is 3.83. The Labute approximate surface area is 188 Å². The van der Waals surface area contributed by atoms with Crippen molar-refractivity contribution in [3.05, 3.63) is 47.3 Å². The van der Waals surface area contributed by atoms with Crippen LogP contribution in [0, 0.1) is 0 Å². The van der Waals surface area contributed by atoms with E-state index in [-0.39, 0.29) is 24.0 Å². The zero-order chi connectivity index (χ0) is 18.9. The lowest BCUT2D eigenvalue weighted by Crippen LogP contribution is -2.52. The molecule has 1 aromatic carbocycles. The van der Waals surface area contributed by atoms with Crippen LogP contribution in [-0.4, -0.2) is 64.4 Å². The maximum absolute atomic E-state index is 5.60. The summed E-state index contributed by atoms with van der Waals surface area (Å²) < 4.78 is 10.6. The number of methoxy groups -OCH3 is 1. The van der Waals surface area contributed by atoms with Crippen LogP contribution in [0.25, 0.3) is 0 Å². The van der Waals surface area contributed by atoms with E-state index < -0.39 is 0 Å². The van der Waals surface area contributed by atoms with Crippen molar-refractivity contribution in [2.45, 2.75) is 6.54 Å². The number of rotatable bonds is 7. The standard InChI is InChI=1S/C20H28N4O2S.HI/c1-21-20(24-11-9-23(10-12-24)19-4-3-15-27-19)22-16-17-5-7-18(8-6-17)26-14-13-25-2;/h3-8,15H,9-14,16H2,1-2H3,(H,21,22);1H. The summed E-state index contributed by atoms with van der Waals surface area (Å²) in [6.07, 6.45) is 0. The zero-order valence-electron chi connectivity index (χ0n) is 16.5. The Morgan fingerprint density at radius 1 is 1.11 bits per heavy atom. The van der Waals surface area contributed by atoms with Crippen LogP contribution < -0.4 is 15.0 Å². The second-order valence-electron chi connectivity index (χ2n) is 6.31. The fraction of sp³-hybridized carbons (Fsp3) is 0.450. The topological polar surface area (TPSA) is 49.3 Å². The summed E-state index contributed by atoms with van der Waals surface area (Å²) in [6.45, 7) is 5.91. The van der Waals surface area contributed by atoms with Crippen molar-refractivity contribution < 1.29 is 9.47 Å². The van der Waals surface area contributed by atoms with Crippen LogP contribution in [0.15, 0.2) is 46.8 Å². The lowest BCUT2D eigenvalue weighted by atomic mass is 10.2. The van der Waals surface area contributed by atoms with E-state index in [4.69, 9.17) is 9.47 Å². The Hall–Kier alpha value is -1.52. The number of guanidine groups is 1. The van der Waals surface area contributed by atoms with E-state index in [0.29, 0.717) is 13.2 Å². The van der Waals surface area contributed by atoms with Gasteiger partial charge in [0.2, 0.25) is 0 Å². The quantitative estimate of drug-likeness (QED) is 0.265. The highest BCUT2D eigenvalue weighted by molar-refractivity contribution is 14.0. The molecule has 28 heavy (non-hydrogen) atoms. The average Bonchev–Trinajstić information content (AvgIpc) is 3.25. The van der Waals surface area contributed by atoms with E-state index in [0.717, 1.165) is 44.4 Å². The molecule has 1 N–H and O–H groups in total. The van der Waals surface area contributed by atoms with Crippen LogP contribution in [0.2, 0.25) is 0 Å². The van der Waals surface area contributed by atoms with Gasteiger partial charge in [-0.25, -0.2) is 0 Å². The number of hydrogen-bond acceptors (Lipinski definition) is 5. The summed E-state index contributed by atoms with van der Waals surface area (Å²) in [6, 6.07) is 12.5. The van der Waals surface area contributed by atoms with Gasteiger partial charge >= 0.3 is 0 Å².